The maximum absolute atomic E-state index is 11.7. The first-order valence-corrected chi connectivity index (χ1v) is 5.29. The number of anilines is 1. The fourth-order valence-corrected chi connectivity index (χ4v) is 1.75. The Hall–Kier alpha value is -1.13. The molecular weight excluding hydrogens is 214 g/mol. The summed E-state index contributed by atoms with van der Waals surface area (Å²) in [5.41, 5.74) is 0.567. The molecule has 4 nitrogen and oxygen atoms in total. The summed E-state index contributed by atoms with van der Waals surface area (Å²) in [6.45, 7) is 0.902. The third-order valence-electron chi connectivity index (χ3n) is 2.40. The number of nitrogens with one attached hydrogen (secondary N) is 2. The minimum atomic E-state index is -0.0960. The third-order valence-corrected chi connectivity index (χ3v) is 2.73. The number of hydrogen-bond acceptors (Lipinski definition) is 3. The van der Waals surface area contributed by atoms with Crippen molar-refractivity contribution < 1.29 is 4.79 Å². The van der Waals surface area contributed by atoms with Crippen LogP contribution in [0.5, 0.6) is 0 Å². The maximum Gasteiger partial charge on any atom is 0.241 e. The normalized spacial score (nSPS) is 20.2. The molecular formula is C10H12ClN3O. The van der Waals surface area contributed by atoms with E-state index in [-0.39, 0.29) is 11.9 Å². The van der Waals surface area contributed by atoms with Crippen molar-refractivity contribution in [3.63, 3.8) is 0 Å². The number of amides is 1. The lowest BCUT2D eigenvalue weighted by molar-refractivity contribution is -0.117. The second-order valence-corrected chi connectivity index (χ2v) is 3.90. The minimum absolute atomic E-state index is 0.0394. The molecule has 0 aliphatic carbocycles. The summed E-state index contributed by atoms with van der Waals surface area (Å²) in [4.78, 5) is 15.6. The number of aromatic nitrogens is 1. The average molecular weight is 226 g/mol. The Balaban J connectivity index is 2.02. The summed E-state index contributed by atoms with van der Waals surface area (Å²) >= 11 is 5.90. The Morgan fingerprint density at radius 1 is 1.67 bits per heavy atom. The molecule has 1 aromatic rings. The lowest BCUT2D eigenvalue weighted by atomic mass is 10.2. The van der Waals surface area contributed by atoms with Crippen molar-refractivity contribution >= 4 is 23.2 Å². The van der Waals surface area contributed by atoms with Gasteiger partial charge in [0.25, 0.3) is 0 Å². The van der Waals surface area contributed by atoms with Gasteiger partial charge < -0.3 is 10.6 Å². The summed E-state index contributed by atoms with van der Waals surface area (Å²) in [5, 5.41) is 6.39. The summed E-state index contributed by atoms with van der Waals surface area (Å²) in [7, 11) is 0. The number of hydrogen-bond donors (Lipinski definition) is 2. The van der Waals surface area contributed by atoms with Gasteiger partial charge in [-0.3, -0.25) is 9.78 Å². The molecule has 2 rings (SSSR count). The van der Waals surface area contributed by atoms with Crippen LogP contribution in [-0.4, -0.2) is 23.5 Å². The molecule has 0 saturated carbocycles. The van der Waals surface area contributed by atoms with Gasteiger partial charge in [-0.1, -0.05) is 11.6 Å². The predicted octanol–water partition coefficient (Wildman–Crippen LogP) is 1.43. The van der Waals surface area contributed by atoms with Gasteiger partial charge in [0.2, 0.25) is 5.91 Å². The van der Waals surface area contributed by atoms with E-state index in [2.05, 4.69) is 15.6 Å². The van der Waals surface area contributed by atoms with Crippen molar-refractivity contribution in [1.29, 1.82) is 0 Å². The van der Waals surface area contributed by atoms with E-state index in [4.69, 9.17) is 11.6 Å². The number of carbonyl (C=O) groups excluding carboxylic acids is 1. The topological polar surface area (TPSA) is 54.0 Å². The molecule has 1 unspecified atom stereocenters. The van der Waals surface area contributed by atoms with E-state index in [9.17, 15) is 4.79 Å². The molecule has 1 aromatic heterocycles. The smallest absolute Gasteiger partial charge is 0.241 e. The van der Waals surface area contributed by atoms with Gasteiger partial charge in [0, 0.05) is 6.20 Å². The molecule has 0 spiro atoms. The molecule has 1 aliphatic heterocycles. The summed E-state index contributed by atoms with van der Waals surface area (Å²) < 4.78 is 0. The van der Waals surface area contributed by atoms with Crippen LogP contribution in [0, 0.1) is 0 Å². The Bertz CT molecular complexity index is 363. The van der Waals surface area contributed by atoms with Crippen LogP contribution in [-0.2, 0) is 4.79 Å². The van der Waals surface area contributed by atoms with Gasteiger partial charge in [-0.25, -0.2) is 0 Å². The number of carbonyl (C=O) groups is 1. The Morgan fingerprint density at radius 2 is 2.53 bits per heavy atom. The highest BCUT2D eigenvalue weighted by Gasteiger charge is 2.22. The summed E-state index contributed by atoms with van der Waals surface area (Å²) in [6.07, 6.45) is 5.06. The maximum atomic E-state index is 11.7. The Kier molecular flexibility index (Phi) is 3.18. The summed E-state index contributed by atoms with van der Waals surface area (Å²) in [6, 6.07) is 1.56. The monoisotopic (exact) mass is 225 g/mol. The SMILES string of the molecule is O=C(Nc1cnccc1Cl)C1CCCN1. The Labute approximate surface area is 93.0 Å². The van der Waals surface area contributed by atoms with E-state index in [0.29, 0.717) is 10.7 Å². The van der Waals surface area contributed by atoms with Crippen LogP contribution >= 0.6 is 11.6 Å². The molecule has 0 aromatic carbocycles. The second-order valence-electron chi connectivity index (χ2n) is 3.49. The molecule has 0 bridgehead atoms. The molecule has 80 valence electrons. The number of pyridine rings is 1. The minimum Gasteiger partial charge on any atom is -0.322 e. The zero-order chi connectivity index (χ0) is 10.7. The van der Waals surface area contributed by atoms with Crippen LogP contribution in [0.15, 0.2) is 18.5 Å². The van der Waals surface area contributed by atoms with Crippen LogP contribution in [0.1, 0.15) is 12.8 Å². The standard InChI is InChI=1S/C10H12ClN3O/c11-7-3-5-12-6-9(7)14-10(15)8-2-1-4-13-8/h3,5-6,8,13H,1-2,4H2,(H,14,15). The molecule has 15 heavy (non-hydrogen) atoms. The fourth-order valence-electron chi connectivity index (χ4n) is 1.60. The first-order valence-electron chi connectivity index (χ1n) is 4.91. The highest BCUT2D eigenvalue weighted by molar-refractivity contribution is 6.33. The molecule has 1 fully saturated rings. The van der Waals surface area contributed by atoms with Crippen LogP contribution in [0.4, 0.5) is 5.69 Å². The molecule has 1 amide bonds. The third kappa shape index (κ3) is 2.46. The highest BCUT2D eigenvalue weighted by Crippen LogP contribution is 2.19. The fraction of sp³-hybridized carbons (Fsp3) is 0.400. The molecule has 5 heteroatoms. The molecule has 1 aliphatic rings. The van der Waals surface area contributed by atoms with Gasteiger partial charge in [-0.05, 0) is 25.5 Å². The van der Waals surface area contributed by atoms with Gasteiger partial charge >= 0.3 is 0 Å². The molecule has 1 saturated heterocycles. The van der Waals surface area contributed by atoms with Crippen molar-refractivity contribution in [3.05, 3.63) is 23.5 Å². The van der Waals surface area contributed by atoms with Crippen molar-refractivity contribution in [2.45, 2.75) is 18.9 Å². The second kappa shape index (κ2) is 4.59. The van der Waals surface area contributed by atoms with Gasteiger partial charge in [0.05, 0.1) is 22.9 Å². The average Bonchev–Trinajstić information content (AvgIpc) is 2.74. The van der Waals surface area contributed by atoms with Crippen molar-refractivity contribution in [1.82, 2.24) is 10.3 Å². The molecule has 1 atom stereocenters. The largest absolute Gasteiger partial charge is 0.322 e. The number of halogens is 1. The lowest BCUT2D eigenvalue weighted by Gasteiger charge is -2.11. The molecule has 0 radical (unpaired) electrons. The van der Waals surface area contributed by atoms with Crippen molar-refractivity contribution in [2.24, 2.45) is 0 Å². The Morgan fingerprint density at radius 3 is 3.20 bits per heavy atom. The molecule has 2 N–H and O–H groups in total. The van der Waals surface area contributed by atoms with Crippen molar-refractivity contribution in [3.8, 4) is 0 Å². The van der Waals surface area contributed by atoms with Crippen LogP contribution < -0.4 is 10.6 Å². The van der Waals surface area contributed by atoms with E-state index in [0.717, 1.165) is 19.4 Å². The van der Waals surface area contributed by atoms with Gasteiger partial charge in [-0.15, -0.1) is 0 Å². The van der Waals surface area contributed by atoms with E-state index < -0.39 is 0 Å². The van der Waals surface area contributed by atoms with Gasteiger partial charge in [0.15, 0.2) is 0 Å². The van der Waals surface area contributed by atoms with E-state index in [1.165, 1.54) is 0 Å². The van der Waals surface area contributed by atoms with E-state index >= 15 is 0 Å². The van der Waals surface area contributed by atoms with E-state index in [1.807, 2.05) is 0 Å². The zero-order valence-electron chi connectivity index (χ0n) is 8.16. The first-order chi connectivity index (χ1) is 7.27. The van der Waals surface area contributed by atoms with Crippen LogP contribution in [0.3, 0.4) is 0 Å². The predicted molar refractivity (Wildman–Crippen MR) is 58.9 cm³/mol. The van der Waals surface area contributed by atoms with Gasteiger partial charge in [0.1, 0.15) is 0 Å². The first kappa shape index (κ1) is 10.4. The highest BCUT2D eigenvalue weighted by atomic mass is 35.5. The van der Waals surface area contributed by atoms with Crippen molar-refractivity contribution in [2.75, 3.05) is 11.9 Å². The van der Waals surface area contributed by atoms with Crippen LogP contribution in [0.25, 0.3) is 0 Å². The number of rotatable bonds is 2. The van der Waals surface area contributed by atoms with Crippen LogP contribution in [0.2, 0.25) is 5.02 Å². The zero-order valence-corrected chi connectivity index (χ0v) is 8.92. The van der Waals surface area contributed by atoms with Gasteiger partial charge in [-0.2, -0.15) is 0 Å². The molecule has 2 heterocycles. The lowest BCUT2D eigenvalue weighted by Crippen LogP contribution is -2.35. The number of nitrogens with zero attached hydrogens (tertiary/aromatic N) is 1. The quantitative estimate of drug-likeness (QED) is 0.801. The summed E-state index contributed by atoms with van der Waals surface area (Å²) in [5.74, 6) is -0.0394. The van der Waals surface area contributed by atoms with E-state index in [1.54, 1.807) is 18.5 Å².